The van der Waals surface area contributed by atoms with Crippen LogP contribution in [0.15, 0.2) is 35.4 Å². The largest absolute Gasteiger partial charge is 0.289 e. The van der Waals surface area contributed by atoms with E-state index in [4.69, 9.17) is 0 Å². The van der Waals surface area contributed by atoms with Crippen molar-refractivity contribution in [2.45, 2.75) is 20.3 Å². The lowest BCUT2D eigenvalue weighted by atomic mass is 9.84. The number of fused-ring (bicyclic) bond motifs is 1. The molecule has 0 radical (unpaired) electrons. The molecule has 1 aliphatic rings. The molecule has 0 amide bonds. The third-order valence-corrected chi connectivity index (χ3v) is 2.84. The number of carbonyl (C=O) groups is 2. The van der Waals surface area contributed by atoms with Gasteiger partial charge >= 0.3 is 0 Å². The Morgan fingerprint density at radius 3 is 2.07 bits per heavy atom. The highest BCUT2D eigenvalue weighted by molar-refractivity contribution is 6.26. The van der Waals surface area contributed by atoms with E-state index in [-0.39, 0.29) is 11.6 Å². The summed E-state index contributed by atoms with van der Waals surface area (Å²) < 4.78 is 0. The van der Waals surface area contributed by atoms with E-state index in [0.29, 0.717) is 28.7 Å². The molecule has 1 aromatic carbocycles. The number of carbonyl (C=O) groups excluding carboxylic acids is 2. The van der Waals surface area contributed by atoms with E-state index in [1.165, 1.54) is 0 Å². The lowest BCUT2D eigenvalue weighted by molar-refractivity contribution is 0.0972. The summed E-state index contributed by atoms with van der Waals surface area (Å²) in [4.78, 5) is 23.9. The average Bonchev–Trinajstić information content (AvgIpc) is 2.27. The fourth-order valence-corrected chi connectivity index (χ4v) is 1.98. The standard InChI is InChI=1S/C13H12O2/c1-3-9-8(2)12(14)10-6-4-5-7-11(10)13(9)15/h4-7H,3H2,1-2H3. The maximum absolute atomic E-state index is 12.0. The van der Waals surface area contributed by atoms with Gasteiger partial charge in [0.05, 0.1) is 0 Å². The smallest absolute Gasteiger partial charge is 0.190 e. The number of hydrogen-bond acceptors (Lipinski definition) is 2. The maximum atomic E-state index is 12.0. The second-order valence-corrected chi connectivity index (χ2v) is 3.66. The predicted molar refractivity (Wildman–Crippen MR) is 58.1 cm³/mol. The molecular formula is C13H12O2. The Morgan fingerprint density at radius 1 is 1.00 bits per heavy atom. The van der Waals surface area contributed by atoms with Crippen LogP contribution >= 0.6 is 0 Å². The lowest BCUT2D eigenvalue weighted by Crippen LogP contribution is -2.20. The van der Waals surface area contributed by atoms with Crippen LogP contribution in [0.25, 0.3) is 0 Å². The van der Waals surface area contributed by atoms with Gasteiger partial charge in [0, 0.05) is 22.3 Å². The summed E-state index contributed by atoms with van der Waals surface area (Å²) in [6.45, 7) is 3.63. The summed E-state index contributed by atoms with van der Waals surface area (Å²) in [5.74, 6) is -0.00718. The van der Waals surface area contributed by atoms with Crippen LogP contribution in [0.2, 0.25) is 0 Å². The van der Waals surface area contributed by atoms with Gasteiger partial charge < -0.3 is 0 Å². The van der Waals surface area contributed by atoms with Gasteiger partial charge in [0.25, 0.3) is 0 Å². The number of ketones is 2. The summed E-state index contributed by atoms with van der Waals surface area (Å²) in [5.41, 5.74) is 2.34. The molecule has 0 saturated heterocycles. The van der Waals surface area contributed by atoms with E-state index < -0.39 is 0 Å². The van der Waals surface area contributed by atoms with E-state index in [0.717, 1.165) is 0 Å². The first-order chi connectivity index (χ1) is 7.16. The molecule has 0 aliphatic heterocycles. The van der Waals surface area contributed by atoms with Crippen molar-refractivity contribution in [3.63, 3.8) is 0 Å². The van der Waals surface area contributed by atoms with Gasteiger partial charge in [0.15, 0.2) is 11.6 Å². The van der Waals surface area contributed by atoms with Crippen LogP contribution in [0.5, 0.6) is 0 Å². The quantitative estimate of drug-likeness (QED) is 0.698. The van der Waals surface area contributed by atoms with Crippen molar-refractivity contribution < 1.29 is 9.59 Å². The molecule has 0 heterocycles. The Balaban J connectivity index is 2.68. The van der Waals surface area contributed by atoms with Crippen molar-refractivity contribution in [3.05, 3.63) is 46.5 Å². The molecule has 0 N–H and O–H groups in total. The van der Waals surface area contributed by atoms with Crippen LogP contribution in [-0.2, 0) is 0 Å². The minimum absolute atomic E-state index is 0.00481. The summed E-state index contributed by atoms with van der Waals surface area (Å²) >= 11 is 0. The van der Waals surface area contributed by atoms with Crippen molar-refractivity contribution in [2.24, 2.45) is 0 Å². The Bertz CT molecular complexity index is 481. The van der Waals surface area contributed by atoms with Gasteiger partial charge in [-0.1, -0.05) is 31.2 Å². The fourth-order valence-electron chi connectivity index (χ4n) is 1.98. The molecule has 0 aromatic heterocycles. The van der Waals surface area contributed by atoms with E-state index in [2.05, 4.69) is 0 Å². The first kappa shape index (κ1) is 9.84. The second-order valence-electron chi connectivity index (χ2n) is 3.66. The molecule has 0 spiro atoms. The first-order valence-corrected chi connectivity index (χ1v) is 5.05. The van der Waals surface area contributed by atoms with Gasteiger partial charge in [0.1, 0.15) is 0 Å². The fraction of sp³-hybridized carbons (Fsp3) is 0.231. The zero-order chi connectivity index (χ0) is 11.0. The molecule has 15 heavy (non-hydrogen) atoms. The molecule has 0 saturated carbocycles. The van der Waals surface area contributed by atoms with Gasteiger partial charge in [-0.25, -0.2) is 0 Å². The summed E-state index contributed by atoms with van der Waals surface area (Å²) in [6.07, 6.45) is 0.616. The summed E-state index contributed by atoms with van der Waals surface area (Å²) in [5, 5.41) is 0. The number of benzene rings is 1. The molecule has 1 aliphatic carbocycles. The van der Waals surface area contributed by atoms with Crippen LogP contribution < -0.4 is 0 Å². The number of hydrogen-bond donors (Lipinski definition) is 0. The minimum atomic E-state index is -0.0120. The Morgan fingerprint density at radius 2 is 1.53 bits per heavy atom. The van der Waals surface area contributed by atoms with E-state index in [1.807, 2.05) is 6.92 Å². The highest BCUT2D eigenvalue weighted by Gasteiger charge is 2.27. The monoisotopic (exact) mass is 200 g/mol. The van der Waals surface area contributed by atoms with E-state index in [9.17, 15) is 9.59 Å². The van der Waals surface area contributed by atoms with Gasteiger partial charge in [0.2, 0.25) is 0 Å². The predicted octanol–water partition coefficient (Wildman–Crippen LogP) is 2.79. The van der Waals surface area contributed by atoms with Gasteiger partial charge in [-0.15, -0.1) is 0 Å². The summed E-state index contributed by atoms with van der Waals surface area (Å²) in [6, 6.07) is 7.01. The van der Waals surface area contributed by atoms with Crippen LogP contribution in [0.4, 0.5) is 0 Å². The SMILES string of the molecule is CCC1=C(C)C(=O)c2ccccc2C1=O. The van der Waals surface area contributed by atoms with Crippen molar-refractivity contribution in [1.82, 2.24) is 0 Å². The van der Waals surface area contributed by atoms with Crippen molar-refractivity contribution in [2.75, 3.05) is 0 Å². The van der Waals surface area contributed by atoms with Crippen LogP contribution in [0, 0.1) is 0 Å². The van der Waals surface area contributed by atoms with Gasteiger partial charge in [-0.05, 0) is 13.3 Å². The minimum Gasteiger partial charge on any atom is -0.289 e. The highest BCUT2D eigenvalue weighted by Crippen LogP contribution is 2.27. The maximum Gasteiger partial charge on any atom is 0.190 e. The average molecular weight is 200 g/mol. The molecule has 76 valence electrons. The van der Waals surface area contributed by atoms with E-state index in [1.54, 1.807) is 31.2 Å². The number of rotatable bonds is 1. The molecule has 2 rings (SSSR count). The van der Waals surface area contributed by atoms with Crippen LogP contribution in [0.1, 0.15) is 41.0 Å². The third-order valence-electron chi connectivity index (χ3n) is 2.84. The first-order valence-electron chi connectivity index (χ1n) is 5.05. The normalized spacial score (nSPS) is 15.6. The zero-order valence-electron chi connectivity index (χ0n) is 8.83. The molecule has 0 fully saturated rings. The Labute approximate surface area is 88.6 Å². The van der Waals surface area contributed by atoms with Crippen LogP contribution in [-0.4, -0.2) is 11.6 Å². The molecule has 0 unspecified atom stereocenters. The Kier molecular flexibility index (Phi) is 2.27. The van der Waals surface area contributed by atoms with Crippen molar-refractivity contribution in [3.8, 4) is 0 Å². The molecule has 0 bridgehead atoms. The Hall–Kier alpha value is -1.70. The molecule has 1 aromatic rings. The highest BCUT2D eigenvalue weighted by atomic mass is 16.1. The third kappa shape index (κ3) is 1.33. The van der Waals surface area contributed by atoms with E-state index >= 15 is 0 Å². The number of allylic oxidation sites excluding steroid dienone is 2. The molecular weight excluding hydrogens is 188 g/mol. The zero-order valence-corrected chi connectivity index (χ0v) is 8.83. The van der Waals surface area contributed by atoms with Crippen molar-refractivity contribution >= 4 is 11.6 Å². The number of Topliss-reactive ketones (excluding diaryl/α,β-unsaturated/α-hetero) is 2. The second kappa shape index (κ2) is 3.46. The lowest BCUT2D eigenvalue weighted by Gasteiger charge is -2.17. The molecule has 0 atom stereocenters. The molecule has 2 nitrogen and oxygen atoms in total. The van der Waals surface area contributed by atoms with Gasteiger partial charge in [-0.3, -0.25) is 9.59 Å². The van der Waals surface area contributed by atoms with Crippen molar-refractivity contribution in [1.29, 1.82) is 0 Å². The van der Waals surface area contributed by atoms with Crippen LogP contribution in [0.3, 0.4) is 0 Å². The topological polar surface area (TPSA) is 34.1 Å². The van der Waals surface area contributed by atoms with Gasteiger partial charge in [-0.2, -0.15) is 0 Å². The summed E-state index contributed by atoms with van der Waals surface area (Å²) in [7, 11) is 0. The molecule has 2 heteroatoms.